The first-order valence-electron chi connectivity index (χ1n) is 10.6. The molecule has 1 aromatic carbocycles. The number of nitrogens with zero attached hydrogens (tertiary/aromatic N) is 3. The van der Waals surface area contributed by atoms with Gasteiger partial charge in [-0.1, -0.05) is 19.3 Å². The highest BCUT2D eigenvalue weighted by Gasteiger charge is 2.33. The number of amides is 1. The summed E-state index contributed by atoms with van der Waals surface area (Å²) in [5.74, 6) is 0.854. The minimum Gasteiger partial charge on any atom is -0.497 e. The predicted octanol–water partition coefficient (Wildman–Crippen LogP) is 3.32. The van der Waals surface area contributed by atoms with E-state index in [4.69, 9.17) is 4.74 Å². The second kappa shape index (κ2) is 8.41. The van der Waals surface area contributed by atoms with Gasteiger partial charge in [-0.3, -0.25) is 9.48 Å². The van der Waals surface area contributed by atoms with Crippen molar-refractivity contribution in [2.45, 2.75) is 50.6 Å². The zero-order valence-corrected chi connectivity index (χ0v) is 18.4. The van der Waals surface area contributed by atoms with Gasteiger partial charge in [0.1, 0.15) is 5.75 Å². The molecule has 1 atom stereocenters. The van der Waals surface area contributed by atoms with Crippen LogP contribution in [0.1, 0.15) is 55.1 Å². The molecule has 0 bridgehead atoms. The summed E-state index contributed by atoms with van der Waals surface area (Å²) in [5.41, 5.74) is 2.02. The topological polar surface area (TPSA) is 81.5 Å². The van der Waals surface area contributed by atoms with Crippen molar-refractivity contribution in [1.82, 2.24) is 14.7 Å². The quantitative estimate of drug-likeness (QED) is 0.725. The minimum absolute atomic E-state index is 0.0595. The monoisotopic (exact) mass is 431 g/mol. The van der Waals surface area contributed by atoms with E-state index in [0.29, 0.717) is 12.1 Å². The summed E-state index contributed by atoms with van der Waals surface area (Å²) in [7, 11) is 0.389. The van der Waals surface area contributed by atoms with Crippen LogP contribution in [0.15, 0.2) is 30.3 Å². The normalized spacial score (nSPS) is 21.5. The lowest BCUT2D eigenvalue weighted by atomic mass is 9.94. The fraction of sp³-hybridized carbons (Fsp3) is 0.545. The Hall–Kier alpha value is -2.35. The van der Waals surface area contributed by atoms with Gasteiger partial charge in [-0.25, -0.2) is 8.42 Å². The van der Waals surface area contributed by atoms with Crippen LogP contribution in [0.2, 0.25) is 0 Å². The Balaban J connectivity index is 1.68. The Morgan fingerprint density at radius 2 is 1.83 bits per heavy atom. The molecule has 2 heterocycles. The first-order chi connectivity index (χ1) is 14.4. The van der Waals surface area contributed by atoms with Crippen molar-refractivity contribution in [1.29, 1.82) is 0 Å². The molecule has 7 nitrogen and oxygen atoms in total. The average Bonchev–Trinajstić information content (AvgIpc) is 3.36. The molecule has 0 N–H and O–H groups in total. The molecule has 1 amide bonds. The molecule has 0 spiro atoms. The lowest BCUT2D eigenvalue weighted by molar-refractivity contribution is 0.0689. The summed E-state index contributed by atoms with van der Waals surface area (Å²) in [5, 5.41) is 4.62. The fourth-order valence-corrected chi connectivity index (χ4v) is 6.23. The molecule has 1 aliphatic heterocycles. The van der Waals surface area contributed by atoms with Crippen molar-refractivity contribution in [2.75, 3.05) is 25.7 Å². The number of carbonyl (C=O) groups excluding carboxylic acids is 1. The minimum atomic E-state index is -3.07. The summed E-state index contributed by atoms with van der Waals surface area (Å²) in [6.45, 7) is 0. The van der Waals surface area contributed by atoms with Gasteiger partial charge < -0.3 is 9.64 Å². The van der Waals surface area contributed by atoms with Gasteiger partial charge in [-0.15, -0.1) is 0 Å². The smallest absolute Gasteiger partial charge is 0.274 e. The van der Waals surface area contributed by atoms with Crippen LogP contribution in [-0.2, 0) is 9.84 Å². The van der Waals surface area contributed by atoms with E-state index < -0.39 is 9.84 Å². The van der Waals surface area contributed by atoms with Crippen LogP contribution >= 0.6 is 0 Å². The van der Waals surface area contributed by atoms with E-state index in [1.165, 1.54) is 6.42 Å². The van der Waals surface area contributed by atoms with E-state index in [1.807, 2.05) is 36.2 Å². The van der Waals surface area contributed by atoms with E-state index in [-0.39, 0.29) is 29.5 Å². The second-order valence-electron chi connectivity index (χ2n) is 8.35. The highest BCUT2D eigenvalue weighted by Crippen LogP contribution is 2.32. The number of ether oxygens (including phenoxy) is 1. The Labute approximate surface area is 177 Å². The summed E-state index contributed by atoms with van der Waals surface area (Å²) < 4.78 is 31.1. The average molecular weight is 432 g/mol. The zero-order chi connectivity index (χ0) is 21.3. The van der Waals surface area contributed by atoms with Crippen molar-refractivity contribution in [3.05, 3.63) is 36.0 Å². The molecule has 1 aliphatic carbocycles. The molecular weight excluding hydrogens is 402 g/mol. The van der Waals surface area contributed by atoms with Gasteiger partial charge in [0.15, 0.2) is 15.5 Å². The van der Waals surface area contributed by atoms with Crippen LogP contribution in [0.3, 0.4) is 0 Å². The maximum atomic E-state index is 13.2. The zero-order valence-electron chi connectivity index (χ0n) is 17.6. The van der Waals surface area contributed by atoms with E-state index in [0.717, 1.165) is 42.7 Å². The van der Waals surface area contributed by atoms with Crippen molar-refractivity contribution in [3.63, 3.8) is 0 Å². The molecule has 4 rings (SSSR count). The second-order valence-corrected chi connectivity index (χ2v) is 10.6. The first kappa shape index (κ1) is 20.9. The van der Waals surface area contributed by atoms with Crippen molar-refractivity contribution in [2.24, 2.45) is 0 Å². The van der Waals surface area contributed by atoms with E-state index >= 15 is 0 Å². The third-order valence-electron chi connectivity index (χ3n) is 6.34. The maximum absolute atomic E-state index is 13.2. The van der Waals surface area contributed by atoms with Crippen LogP contribution < -0.4 is 4.74 Å². The highest BCUT2D eigenvalue weighted by atomic mass is 32.2. The third-order valence-corrected chi connectivity index (χ3v) is 8.09. The Morgan fingerprint density at radius 1 is 1.13 bits per heavy atom. The van der Waals surface area contributed by atoms with Crippen LogP contribution in [0.4, 0.5) is 0 Å². The van der Waals surface area contributed by atoms with Crippen LogP contribution in [0, 0.1) is 0 Å². The van der Waals surface area contributed by atoms with Gasteiger partial charge >= 0.3 is 0 Å². The highest BCUT2D eigenvalue weighted by molar-refractivity contribution is 7.91. The van der Waals surface area contributed by atoms with Gasteiger partial charge in [-0.05, 0) is 49.6 Å². The fourth-order valence-electron chi connectivity index (χ4n) is 4.54. The lowest BCUT2D eigenvalue weighted by Crippen LogP contribution is -2.38. The van der Waals surface area contributed by atoms with Crippen molar-refractivity contribution >= 4 is 15.7 Å². The molecule has 1 saturated heterocycles. The van der Waals surface area contributed by atoms with Gasteiger partial charge in [-0.2, -0.15) is 5.10 Å². The predicted molar refractivity (Wildman–Crippen MR) is 115 cm³/mol. The number of methoxy groups -OCH3 is 1. The number of hydrogen-bond acceptors (Lipinski definition) is 5. The number of sulfone groups is 1. The molecular formula is C22H29N3O4S. The maximum Gasteiger partial charge on any atom is 0.274 e. The SMILES string of the molecule is COc1ccc(-c2cc(C(=O)N(C)C3CCCCC3)nn2C2CCS(=O)(=O)C2)cc1. The standard InChI is InChI=1S/C22H29N3O4S/c1-24(17-6-4-3-5-7-17)22(26)20-14-21(16-8-10-19(29-2)11-9-16)25(23-20)18-12-13-30(27,28)15-18/h8-11,14,17-18H,3-7,12-13,15H2,1-2H3. The van der Waals surface area contributed by atoms with E-state index in [1.54, 1.807) is 17.9 Å². The Kier molecular flexibility index (Phi) is 5.86. The molecule has 1 unspecified atom stereocenters. The third kappa shape index (κ3) is 4.24. The van der Waals surface area contributed by atoms with Gasteiger partial charge in [0.05, 0.1) is 30.4 Å². The number of carbonyl (C=O) groups is 1. The van der Waals surface area contributed by atoms with Gasteiger partial charge in [0, 0.05) is 18.7 Å². The number of benzene rings is 1. The number of hydrogen-bond donors (Lipinski definition) is 0. The van der Waals surface area contributed by atoms with Crippen LogP contribution in [0.25, 0.3) is 11.3 Å². The van der Waals surface area contributed by atoms with Crippen LogP contribution in [0.5, 0.6) is 5.75 Å². The molecule has 2 aliphatic rings. The molecule has 1 aromatic heterocycles. The van der Waals surface area contributed by atoms with Crippen molar-refractivity contribution < 1.29 is 17.9 Å². The van der Waals surface area contributed by atoms with Crippen molar-refractivity contribution in [3.8, 4) is 17.0 Å². The molecule has 0 radical (unpaired) electrons. The molecule has 162 valence electrons. The number of aromatic nitrogens is 2. The number of rotatable bonds is 5. The van der Waals surface area contributed by atoms with E-state index in [2.05, 4.69) is 5.10 Å². The largest absolute Gasteiger partial charge is 0.497 e. The molecule has 2 fully saturated rings. The summed E-state index contributed by atoms with van der Waals surface area (Å²) in [6.07, 6.45) is 6.08. The van der Waals surface area contributed by atoms with Crippen LogP contribution in [-0.4, -0.2) is 60.7 Å². The Morgan fingerprint density at radius 3 is 2.43 bits per heavy atom. The first-order valence-corrected chi connectivity index (χ1v) is 12.4. The van der Waals surface area contributed by atoms with Gasteiger partial charge in [0.25, 0.3) is 5.91 Å². The molecule has 30 heavy (non-hydrogen) atoms. The van der Waals surface area contributed by atoms with E-state index in [9.17, 15) is 13.2 Å². The van der Waals surface area contributed by atoms with Gasteiger partial charge in [0.2, 0.25) is 0 Å². The lowest BCUT2D eigenvalue weighted by Gasteiger charge is -2.30. The Bertz CT molecular complexity index is 1010. The summed E-state index contributed by atoms with van der Waals surface area (Å²) in [4.78, 5) is 15.0. The molecule has 8 heteroatoms. The summed E-state index contributed by atoms with van der Waals surface area (Å²) in [6, 6.07) is 9.32. The summed E-state index contributed by atoms with van der Waals surface area (Å²) >= 11 is 0. The molecule has 1 saturated carbocycles. The molecule has 2 aromatic rings.